The van der Waals surface area contributed by atoms with Crippen LogP contribution in [0.1, 0.15) is 6.92 Å². The minimum atomic E-state index is -2.38. The van der Waals surface area contributed by atoms with Crippen molar-refractivity contribution in [3.63, 3.8) is 0 Å². The van der Waals surface area contributed by atoms with Crippen molar-refractivity contribution in [2.45, 2.75) is 12.5 Å². The minimum Gasteiger partial charge on any atom is -0.479 e. The van der Waals surface area contributed by atoms with Crippen LogP contribution in [0.25, 0.3) is 0 Å². The summed E-state index contributed by atoms with van der Waals surface area (Å²) in [4.78, 5) is 0. The minimum absolute atomic E-state index is 0.112. The van der Waals surface area contributed by atoms with Crippen molar-refractivity contribution in [2.75, 3.05) is 20.0 Å². The Balaban J connectivity index is 4.12. The average molecular weight is 167 g/mol. The summed E-state index contributed by atoms with van der Waals surface area (Å²) >= 11 is 0. The highest BCUT2D eigenvalue weighted by Crippen LogP contribution is 2.09. The van der Waals surface area contributed by atoms with Crippen LogP contribution < -0.4 is 0 Å². The molecule has 0 aliphatic rings. The molecule has 0 aromatic carbocycles. The van der Waals surface area contributed by atoms with Crippen molar-refractivity contribution in [2.24, 2.45) is 0 Å². The second kappa shape index (κ2) is 4.23. The second-order valence-electron chi connectivity index (χ2n) is 2.06. The van der Waals surface area contributed by atoms with Crippen LogP contribution in [0.3, 0.4) is 0 Å². The van der Waals surface area contributed by atoms with E-state index in [0.717, 1.165) is 0 Å². The van der Waals surface area contributed by atoms with Gasteiger partial charge >= 0.3 is 0 Å². The molecule has 0 aliphatic carbocycles. The van der Waals surface area contributed by atoms with Crippen molar-refractivity contribution in [1.29, 1.82) is 5.41 Å². The molecule has 0 aromatic heterocycles. The number of halogens is 2. The topological polar surface area (TPSA) is 53.3 Å². The Labute approximate surface area is 63.5 Å². The monoisotopic (exact) mass is 167 g/mol. The largest absolute Gasteiger partial charge is 0.479 e. The molecule has 0 bridgehead atoms. The summed E-state index contributed by atoms with van der Waals surface area (Å²) in [6, 6.07) is 0. The molecule has 66 valence electrons. The number of hydrogen-bond acceptors (Lipinski definition) is 3. The first-order valence-electron chi connectivity index (χ1n) is 3.17. The molecular formula is C6H11F2NO2. The molecule has 0 aromatic rings. The van der Waals surface area contributed by atoms with Gasteiger partial charge in [-0.25, -0.2) is 8.78 Å². The highest BCUT2D eigenvalue weighted by Gasteiger charge is 2.34. The Morgan fingerprint density at radius 1 is 1.55 bits per heavy atom. The van der Waals surface area contributed by atoms with Gasteiger partial charge in [-0.05, 0) is 6.92 Å². The maximum atomic E-state index is 11.9. The quantitative estimate of drug-likeness (QED) is 0.477. The van der Waals surface area contributed by atoms with E-state index in [1.54, 1.807) is 6.92 Å². The van der Waals surface area contributed by atoms with E-state index in [1.165, 1.54) is 0 Å². The van der Waals surface area contributed by atoms with Gasteiger partial charge in [0.05, 0.1) is 6.61 Å². The summed E-state index contributed by atoms with van der Waals surface area (Å²) in [5, 5.41) is 15.8. The SMILES string of the molecule is CCOC(=N)C(O)(CF)CF. The molecule has 0 rings (SSSR count). The molecule has 3 nitrogen and oxygen atoms in total. The lowest BCUT2D eigenvalue weighted by Gasteiger charge is -2.20. The summed E-state index contributed by atoms with van der Waals surface area (Å²) in [7, 11) is 0. The zero-order valence-corrected chi connectivity index (χ0v) is 6.23. The van der Waals surface area contributed by atoms with Crippen LogP contribution in [0.15, 0.2) is 0 Å². The first kappa shape index (κ1) is 10.3. The van der Waals surface area contributed by atoms with Gasteiger partial charge < -0.3 is 9.84 Å². The Morgan fingerprint density at radius 2 is 2.00 bits per heavy atom. The summed E-state index contributed by atoms with van der Waals surface area (Å²) in [6.07, 6.45) is 0. The number of alkyl halides is 2. The van der Waals surface area contributed by atoms with E-state index in [4.69, 9.17) is 10.5 Å². The van der Waals surface area contributed by atoms with Crippen LogP contribution in [-0.4, -0.2) is 36.6 Å². The van der Waals surface area contributed by atoms with E-state index in [-0.39, 0.29) is 6.61 Å². The lowest BCUT2D eigenvalue weighted by molar-refractivity contribution is 0.0315. The third-order valence-corrected chi connectivity index (χ3v) is 1.15. The van der Waals surface area contributed by atoms with Crippen molar-refractivity contribution in [3.8, 4) is 0 Å². The molecule has 0 spiro atoms. The third-order valence-electron chi connectivity index (χ3n) is 1.15. The lowest BCUT2D eigenvalue weighted by atomic mass is 10.1. The molecule has 0 aliphatic heterocycles. The Bertz CT molecular complexity index is 137. The highest BCUT2D eigenvalue weighted by molar-refractivity contribution is 5.82. The molecule has 0 atom stereocenters. The first-order chi connectivity index (χ1) is 5.10. The first-order valence-corrected chi connectivity index (χ1v) is 3.17. The number of rotatable bonds is 4. The normalized spacial score (nSPS) is 11.3. The maximum absolute atomic E-state index is 11.9. The molecule has 0 unspecified atom stereocenters. The smallest absolute Gasteiger partial charge is 0.219 e. The Morgan fingerprint density at radius 3 is 2.27 bits per heavy atom. The van der Waals surface area contributed by atoms with Gasteiger partial charge in [-0.1, -0.05) is 0 Å². The fraction of sp³-hybridized carbons (Fsp3) is 0.833. The fourth-order valence-electron chi connectivity index (χ4n) is 0.436. The molecule has 0 saturated carbocycles. The van der Waals surface area contributed by atoms with Crippen LogP contribution >= 0.6 is 0 Å². The molecule has 0 saturated heterocycles. The molecule has 0 amide bonds. The van der Waals surface area contributed by atoms with E-state index < -0.39 is 24.8 Å². The predicted octanol–water partition coefficient (Wildman–Crippen LogP) is 0.670. The summed E-state index contributed by atoms with van der Waals surface area (Å²) in [5.41, 5.74) is -2.38. The summed E-state index contributed by atoms with van der Waals surface area (Å²) in [6.45, 7) is -1.02. The zero-order valence-electron chi connectivity index (χ0n) is 6.23. The van der Waals surface area contributed by atoms with Crippen molar-refractivity contribution in [3.05, 3.63) is 0 Å². The van der Waals surface area contributed by atoms with E-state index in [1.807, 2.05) is 0 Å². The van der Waals surface area contributed by atoms with Crippen molar-refractivity contribution < 1.29 is 18.6 Å². The lowest BCUT2D eigenvalue weighted by Crippen LogP contribution is -2.44. The number of nitrogens with one attached hydrogen (secondary N) is 1. The van der Waals surface area contributed by atoms with Gasteiger partial charge in [0, 0.05) is 0 Å². The second-order valence-corrected chi connectivity index (χ2v) is 2.06. The van der Waals surface area contributed by atoms with Gasteiger partial charge in [-0.15, -0.1) is 0 Å². The van der Waals surface area contributed by atoms with Gasteiger partial charge in [-0.3, -0.25) is 5.41 Å². The van der Waals surface area contributed by atoms with Crippen LogP contribution in [0, 0.1) is 5.41 Å². The van der Waals surface area contributed by atoms with E-state index >= 15 is 0 Å². The molecule has 0 heterocycles. The van der Waals surface area contributed by atoms with Crippen molar-refractivity contribution in [1.82, 2.24) is 0 Å². The van der Waals surface area contributed by atoms with E-state index in [2.05, 4.69) is 4.74 Å². The van der Waals surface area contributed by atoms with Gasteiger partial charge in [0.15, 0.2) is 5.60 Å². The molecule has 11 heavy (non-hydrogen) atoms. The van der Waals surface area contributed by atoms with Crippen LogP contribution in [0.2, 0.25) is 0 Å². The van der Waals surface area contributed by atoms with E-state index in [9.17, 15) is 8.78 Å². The number of aliphatic hydroxyl groups is 1. The Hall–Kier alpha value is -0.710. The average Bonchev–Trinajstić information content (AvgIpc) is 2.03. The zero-order chi connectivity index (χ0) is 8.91. The van der Waals surface area contributed by atoms with Gasteiger partial charge in [0.25, 0.3) is 0 Å². The number of hydrogen-bond donors (Lipinski definition) is 2. The highest BCUT2D eigenvalue weighted by atomic mass is 19.1. The summed E-state index contributed by atoms with van der Waals surface area (Å²) < 4.78 is 28.3. The summed E-state index contributed by atoms with van der Waals surface area (Å²) in [5.74, 6) is -0.759. The van der Waals surface area contributed by atoms with E-state index in [0.29, 0.717) is 0 Å². The van der Waals surface area contributed by atoms with Crippen molar-refractivity contribution >= 4 is 5.90 Å². The maximum Gasteiger partial charge on any atom is 0.219 e. The van der Waals surface area contributed by atoms with Crippen LogP contribution in [-0.2, 0) is 4.74 Å². The molecule has 0 radical (unpaired) electrons. The van der Waals surface area contributed by atoms with Gasteiger partial charge in [0.1, 0.15) is 13.3 Å². The van der Waals surface area contributed by atoms with Crippen LogP contribution in [0.5, 0.6) is 0 Å². The predicted molar refractivity (Wildman–Crippen MR) is 36.3 cm³/mol. The molecule has 2 N–H and O–H groups in total. The molecule has 5 heteroatoms. The molecule has 0 fully saturated rings. The van der Waals surface area contributed by atoms with Crippen LogP contribution in [0.4, 0.5) is 8.78 Å². The third kappa shape index (κ3) is 2.42. The Kier molecular flexibility index (Phi) is 3.95. The van der Waals surface area contributed by atoms with Gasteiger partial charge in [-0.2, -0.15) is 0 Å². The van der Waals surface area contributed by atoms with Gasteiger partial charge in [0.2, 0.25) is 5.90 Å². The fourth-order valence-corrected chi connectivity index (χ4v) is 0.436. The number of ether oxygens (including phenoxy) is 1. The molecular weight excluding hydrogens is 156 g/mol. The standard InChI is InChI=1S/C6H11F2NO2/c1-2-11-5(9)6(10,3-7)4-8/h9-10H,2-4H2,1H3.